The van der Waals surface area contributed by atoms with Crippen LogP contribution in [0.3, 0.4) is 0 Å². The number of hydrogen-bond acceptors (Lipinski definition) is 7. The summed E-state index contributed by atoms with van der Waals surface area (Å²) in [4.78, 5) is 12.5. The molecule has 0 spiro atoms. The highest BCUT2D eigenvalue weighted by Crippen LogP contribution is 2.38. The number of carbonyl (C=O) groups excluding carboxylic acids is 1. The number of ether oxygens (including phenoxy) is 3. The standard InChI is InChI=1S/C18H19F3O7S/c1-3-26-17(22)16(27-11-10-25-2)15-13-7-5-4-6-12(13)8-9-14(15)28-29(23,24)18(19,20)21/h4-9,16H,3,10-11H2,1-2H3. The van der Waals surface area contributed by atoms with E-state index in [0.717, 1.165) is 6.07 Å². The Morgan fingerprint density at radius 3 is 2.41 bits per heavy atom. The molecule has 0 aliphatic heterocycles. The average Bonchev–Trinajstić information content (AvgIpc) is 2.65. The van der Waals surface area contributed by atoms with Crippen molar-refractivity contribution in [1.29, 1.82) is 0 Å². The minimum Gasteiger partial charge on any atom is -0.464 e. The Bertz CT molecular complexity index is 958. The Balaban J connectivity index is 2.66. The fourth-order valence-corrected chi connectivity index (χ4v) is 3.00. The van der Waals surface area contributed by atoms with Crippen LogP contribution in [0.2, 0.25) is 0 Å². The first-order valence-corrected chi connectivity index (χ1v) is 9.82. The number of alkyl halides is 3. The van der Waals surface area contributed by atoms with Gasteiger partial charge in [0, 0.05) is 12.7 Å². The van der Waals surface area contributed by atoms with Gasteiger partial charge in [0.1, 0.15) is 5.75 Å². The van der Waals surface area contributed by atoms with Gasteiger partial charge in [-0.05, 0) is 23.8 Å². The summed E-state index contributed by atoms with van der Waals surface area (Å²) in [5.41, 5.74) is -5.84. The topological polar surface area (TPSA) is 88.1 Å². The average molecular weight is 436 g/mol. The summed E-state index contributed by atoms with van der Waals surface area (Å²) < 4.78 is 81.3. The predicted octanol–water partition coefficient (Wildman–Crippen LogP) is 3.34. The quantitative estimate of drug-likeness (QED) is 0.258. The van der Waals surface area contributed by atoms with Crippen LogP contribution in [0.1, 0.15) is 18.6 Å². The van der Waals surface area contributed by atoms with Crippen molar-refractivity contribution in [1.82, 2.24) is 0 Å². The van der Waals surface area contributed by atoms with Gasteiger partial charge in [0.2, 0.25) is 0 Å². The van der Waals surface area contributed by atoms with E-state index in [1.54, 1.807) is 25.1 Å². The van der Waals surface area contributed by atoms with Crippen LogP contribution in [0.4, 0.5) is 13.2 Å². The lowest BCUT2D eigenvalue weighted by atomic mass is 9.99. The lowest BCUT2D eigenvalue weighted by Gasteiger charge is -2.21. The van der Waals surface area contributed by atoms with Crippen LogP contribution in [-0.2, 0) is 29.1 Å². The van der Waals surface area contributed by atoms with Crippen LogP contribution < -0.4 is 4.18 Å². The van der Waals surface area contributed by atoms with E-state index in [1.807, 2.05) is 0 Å². The zero-order valence-corrected chi connectivity index (χ0v) is 16.4. The third-order valence-electron chi connectivity index (χ3n) is 3.75. The molecule has 2 aromatic rings. The Labute approximate surface area is 165 Å². The van der Waals surface area contributed by atoms with E-state index in [-0.39, 0.29) is 30.8 Å². The smallest absolute Gasteiger partial charge is 0.464 e. The fourth-order valence-electron chi connectivity index (χ4n) is 2.52. The number of hydrogen-bond donors (Lipinski definition) is 0. The largest absolute Gasteiger partial charge is 0.534 e. The molecule has 11 heteroatoms. The number of halogens is 3. The molecule has 0 amide bonds. The van der Waals surface area contributed by atoms with Crippen LogP contribution in [0.15, 0.2) is 36.4 Å². The van der Waals surface area contributed by atoms with Gasteiger partial charge in [-0.25, -0.2) is 4.79 Å². The second kappa shape index (κ2) is 9.42. The van der Waals surface area contributed by atoms with Crippen molar-refractivity contribution in [3.8, 4) is 5.75 Å². The maximum atomic E-state index is 12.8. The van der Waals surface area contributed by atoms with Crippen molar-refractivity contribution >= 4 is 26.9 Å². The highest BCUT2D eigenvalue weighted by atomic mass is 32.2. The molecular weight excluding hydrogens is 417 g/mol. The van der Waals surface area contributed by atoms with E-state index in [4.69, 9.17) is 14.2 Å². The number of rotatable bonds is 9. The summed E-state index contributed by atoms with van der Waals surface area (Å²) in [6.07, 6.45) is -1.53. The number of benzene rings is 2. The van der Waals surface area contributed by atoms with Gasteiger partial charge in [-0.3, -0.25) is 0 Å². The third-order valence-corrected chi connectivity index (χ3v) is 4.71. The van der Waals surface area contributed by atoms with E-state index < -0.39 is 33.4 Å². The normalized spacial score (nSPS) is 13.3. The minimum absolute atomic E-state index is 0.0230. The van der Waals surface area contributed by atoms with Crippen LogP contribution in [0, 0.1) is 0 Å². The van der Waals surface area contributed by atoms with E-state index in [2.05, 4.69) is 4.18 Å². The molecular formula is C18H19F3O7S. The van der Waals surface area contributed by atoms with Crippen LogP contribution in [0.5, 0.6) is 5.75 Å². The molecule has 1 atom stereocenters. The molecule has 0 aliphatic carbocycles. The molecule has 0 aliphatic rings. The molecule has 29 heavy (non-hydrogen) atoms. The maximum absolute atomic E-state index is 12.8. The van der Waals surface area contributed by atoms with E-state index in [1.165, 1.54) is 19.2 Å². The molecule has 0 radical (unpaired) electrons. The molecule has 0 aromatic heterocycles. The minimum atomic E-state index is -5.97. The van der Waals surface area contributed by atoms with E-state index >= 15 is 0 Å². The van der Waals surface area contributed by atoms with Gasteiger partial charge in [0.15, 0.2) is 6.10 Å². The zero-order valence-electron chi connectivity index (χ0n) is 15.6. The highest BCUT2D eigenvalue weighted by Gasteiger charge is 2.49. The zero-order chi connectivity index (χ0) is 21.7. The van der Waals surface area contributed by atoms with Gasteiger partial charge < -0.3 is 18.4 Å². The lowest BCUT2D eigenvalue weighted by Crippen LogP contribution is -2.29. The molecule has 0 heterocycles. The van der Waals surface area contributed by atoms with E-state index in [9.17, 15) is 26.4 Å². The first kappa shape index (κ1) is 22.9. The molecule has 0 N–H and O–H groups in total. The molecule has 2 rings (SSSR count). The van der Waals surface area contributed by atoms with Gasteiger partial charge in [0.25, 0.3) is 0 Å². The van der Waals surface area contributed by atoms with Crippen LogP contribution >= 0.6 is 0 Å². The van der Waals surface area contributed by atoms with Gasteiger partial charge in [-0.15, -0.1) is 0 Å². The summed E-state index contributed by atoms with van der Waals surface area (Å²) in [6.45, 7) is 1.50. The monoisotopic (exact) mass is 436 g/mol. The third kappa shape index (κ3) is 5.37. The summed E-state index contributed by atoms with van der Waals surface area (Å²) in [5, 5.41) is 0.807. The molecule has 0 saturated carbocycles. The number of carbonyl (C=O) groups is 1. The Morgan fingerprint density at radius 2 is 1.79 bits per heavy atom. The summed E-state index contributed by atoms with van der Waals surface area (Å²) in [6, 6.07) is 8.79. The molecule has 0 saturated heterocycles. The molecule has 7 nitrogen and oxygen atoms in total. The highest BCUT2D eigenvalue weighted by molar-refractivity contribution is 7.88. The second-order valence-corrected chi connectivity index (χ2v) is 7.22. The summed E-state index contributed by atoms with van der Waals surface area (Å²) >= 11 is 0. The second-order valence-electron chi connectivity index (χ2n) is 5.68. The maximum Gasteiger partial charge on any atom is 0.534 e. The van der Waals surface area contributed by atoms with Gasteiger partial charge in [0.05, 0.1) is 19.8 Å². The fraction of sp³-hybridized carbons (Fsp3) is 0.389. The molecule has 0 bridgehead atoms. The number of esters is 1. The molecule has 0 fully saturated rings. The van der Waals surface area contributed by atoms with Gasteiger partial charge in [-0.2, -0.15) is 21.6 Å². The van der Waals surface area contributed by atoms with Crippen molar-refractivity contribution in [3.05, 3.63) is 42.0 Å². The Hall–Kier alpha value is -2.37. The predicted molar refractivity (Wildman–Crippen MR) is 96.8 cm³/mol. The first-order valence-electron chi connectivity index (χ1n) is 8.42. The van der Waals surface area contributed by atoms with Crippen LogP contribution in [0.25, 0.3) is 10.8 Å². The van der Waals surface area contributed by atoms with Crippen molar-refractivity contribution in [2.75, 3.05) is 26.9 Å². The SMILES string of the molecule is CCOC(=O)C(OCCOC)c1c(OS(=O)(=O)C(F)(F)F)ccc2ccccc12. The van der Waals surface area contributed by atoms with Crippen molar-refractivity contribution in [2.45, 2.75) is 18.5 Å². The Morgan fingerprint density at radius 1 is 1.10 bits per heavy atom. The Kier molecular flexibility index (Phi) is 7.44. The van der Waals surface area contributed by atoms with Crippen LogP contribution in [-0.4, -0.2) is 46.8 Å². The van der Waals surface area contributed by atoms with Gasteiger partial charge in [-0.1, -0.05) is 30.3 Å². The van der Waals surface area contributed by atoms with Crippen molar-refractivity contribution in [3.63, 3.8) is 0 Å². The number of fused-ring (bicyclic) bond motifs is 1. The molecule has 1 unspecified atom stereocenters. The van der Waals surface area contributed by atoms with Crippen molar-refractivity contribution < 1.29 is 44.8 Å². The molecule has 2 aromatic carbocycles. The lowest BCUT2D eigenvalue weighted by molar-refractivity contribution is -0.158. The number of methoxy groups -OCH3 is 1. The molecule has 160 valence electrons. The van der Waals surface area contributed by atoms with Gasteiger partial charge >= 0.3 is 21.6 Å². The van der Waals surface area contributed by atoms with E-state index in [0.29, 0.717) is 5.39 Å². The first-order chi connectivity index (χ1) is 13.6. The van der Waals surface area contributed by atoms with Crippen molar-refractivity contribution in [2.24, 2.45) is 0 Å². The summed E-state index contributed by atoms with van der Waals surface area (Å²) in [7, 11) is -4.58. The summed E-state index contributed by atoms with van der Waals surface area (Å²) in [5.74, 6) is -1.59.